The fraction of sp³-hybridized carbons (Fsp3) is 0.208. The zero-order valence-electron chi connectivity index (χ0n) is 16.7. The minimum Gasteiger partial charge on any atom is -0.358 e. The minimum absolute atomic E-state index is 0.0739. The lowest BCUT2D eigenvalue weighted by atomic mass is 10.3. The maximum atomic E-state index is 11.6. The number of nitrogens with one attached hydrogen (secondary N) is 1. The van der Waals surface area contributed by atoms with Crippen molar-refractivity contribution >= 4 is 40.9 Å². The van der Waals surface area contributed by atoms with Gasteiger partial charge in [0.2, 0.25) is 5.91 Å². The second-order valence-electron chi connectivity index (χ2n) is 6.91. The highest BCUT2D eigenvalue weighted by molar-refractivity contribution is 7.95. The van der Waals surface area contributed by atoms with Crippen molar-refractivity contribution in [3.05, 3.63) is 91.0 Å². The number of carbonyl (C=O) groups is 1. The first-order valence-electron chi connectivity index (χ1n) is 9.83. The van der Waals surface area contributed by atoms with E-state index in [9.17, 15) is 4.79 Å². The molecule has 0 aromatic heterocycles. The van der Waals surface area contributed by atoms with Crippen molar-refractivity contribution in [2.24, 2.45) is 0 Å². The molecule has 3 aromatic carbocycles. The van der Waals surface area contributed by atoms with Gasteiger partial charge in [-0.05, 0) is 54.6 Å². The van der Waals surface area contributed by atoms with Gasteiger partial charge in [0.15, 0.2) is 0 Å². The summed E-state index contributed by atoms with van der Waals surface area (Å²) in [5, 5.41) is 6.72. The van der Waals surface area contributed by atoms with Gasteiger partial charge >= 0.3 is 0 Å². The lowest BCUT2D eigenvalue weighted by molar-refractivity contribution is -0.120. The number of rotatable bonds is 9. The Morgan fingerprint density at radius 3 is 1.62 bits per heavy atom. The molecule has 1 amide bonds. The van der Waals surface area contributed by atoms with E-state index in [1.54, 1.807) is 11.5 Å². The van der Waals surface area contributed by atoms with Gasteiger partial charge in [0, 0.05) is 13.6 Å². The molecule has 3 aromatic rings. The summed E-state index contributed by atoms with van der Waals surface area (Å²) in [6, 6.07) is 32.4. The molecule has 0 aliphatic rings. The number of halogens is 1. The van der Waals surface area contributed by atoms with Gasteiger partial charge < -0.3 is 5.32 Å². The summed E-state index contributed by atoms with van der Waals surface area (Å²) < 4.78 is 1.58. The van der Waals surface area contributed by atoms with Crippen molar-refractivity contribution in [2.75, 3.05) is 26.3 Å². The summed E-state index contributed by atoms with van der Waals surface area (Å²) in [4.78, 5) is 11.6. The highest BCUT2D eigenvalue weighted by atomic mass is 35.5. The van der Waals surface area contributed by atoms with Gasteiger partial charge in [0.1, 0.15) is 23.2 Å². The number of hydrogen-bond donors (Lipinski definition) is 1. The van der Waals surface area contributed by atoms with E-state index in [0.717, 1.165) is 12.6 Å². The molecule has 0 atom stereocenters. The second-order valence-corrected chi connectivity index (χ2v) is 11.0. The van der Waals surface area contributed by atoms with Crippen molar-refractivity contribution in [2.45, 2.75) is 6.42 Å². The number of benzene rings is 3. The van der Waals surface area contributed by atoms with Crippen molar-refractivity contribution in [3.8, 4) is 0 Å². The average Bonchev–Trinajstić information content (AvgIpc) is 2.78. The monoisotopic (exact) mass is 425 g/mol. The molecule has 0 fully saturated rings. The molecule has 0 unspecified atom stereocenters. The molecule has 3 nitrogen and oxygen atoms in total. The van der Waals surface area contributed by atoms with Crippen LogP contribution in [0.4, 0.5) is 0 Å². The van der Waals surface area contributed by atoms with Crippen LogP contribution in [0, 0.1) is 0 Å². The molecular weight excluding hydrogens is 399 g/mol. The number of likely N-dealkylation sites (N-methyl/N-ethyl adjacent to an activating group) is 1. The molecule has 150 valence electrons. The molecule has 0 radical (unpaired) electrons. The standard InChI is InChI=1S/C24H26ClN2OP/c1-26-24(28)20-27(25)18-11-19-29(21-12-5-2-6-13-21,22-14-7-3-8-15-22)23-16-9-4-10-17-23/h2-10,12-17H,11,18-20H2,1H3/p+1. The molecule has 0 aliphatic carbocycles. The Kier molecular flexibility index (Phi) is 7.83. The van der Waals surface area contributed by atoms with Crippen molar-refractivity contribution in [1.29, 1.82) is 0 Å². The summed E-state index contributed by atoms with van der Waals surface area (Å²) in [6.07, 6.45) is 1.88. The van der Waals surface area contributed by atoms with Crippen molar-refractivity contribution in [3.63, 3.8) is 0 Å². The van der Waals surface area contributed by atoms with Gasteiger partial charge in [-0.15, -0.1) is 0 Å². The zero-order valence-corrected chi connectivity index (χ0v) is 18.3. The molecule has 0 aliphatic heterocycles. The maximum Gasteiger partial charge on any atom is 0.235 e. The normalized spacial score (nSPS) is 11.4. The van der Waals surface area contributed by atoms with Gasteiger partial charge in [0.25, 0.3) is 0 Å². The fourth-order valence-electron chi connectivity index (χ4n) is 3.68. The summed E-state index contributed by atoms with van der Waals surface area (Å²) >= 11 is 6.31. The predicted octanol–water partition coefficient (Wildman–Crippen LogP) is 3.57. The van der Waals surface area contributed by atoms with E-state index < -0.39 is 7.26 Å². The Bertz CT molecular complexity index is 794. The molecule has 0 heterocycles. The van der Waals surface area contributed by atoms with Crippen LogP contribution in [-0.2, 0) is 4.79 Å². The van der Waals surface area contributed by atoms with E-state index in [2.05, 4.69) is 96.3 Å². The van der Waals surface area contributed by atoms with E-state index in [-0.39, 0.29) is 12.5 Å². The second kappa shape index (κ2) is 10.5. The molecular formula is C24H27ClN2OP+. The van der Waals surface area contributed by atoms with Gasteiger partial charge in [-0.2, -0.15) is 0 Å². The number of amides is 1. The van der Waals surface area contributed by atoms with Crippen LogP contribution in [0.5, 0.6) is 0 Å². The predicted molar refractivity (Wildman–Crippen MR) is 126 cm³/mol. The smallest absolute Gasteiger partial charge is 0.235 e. The quantitative estimate of drug-likeness (QED) is 0.420. The maximum absolute atomic E-state index is 11.6. The van der Waals surface area contributed by atoms with E-state index in [1.807, 2.05) is 0 Å². The molecule has 1 N–H and O–H groups in total. The summed E-state index contributed by atoms with van der Waals surface area (Å²) in [7, 11) is -0.208. The van der Waals surface area contributed by atoms with Gasteiger partial charge in [-0.1, -0.05) is 54.6 Å². The first-order chi connectivity index (χ1) is 14.2. The summed E-state index contributed by atoms with van der Waals surface area (Å²) in [6.45, 7) is 0.856. The largest absolute Gasteiger partial charge is 0.358 e. The number of hydrogen-bond acceptors (Lipinski definition) is 2. The van der Waals surface area contributed by atoms with E-state index in [1.165, 1.54) is 15.9 Å². The molecule has 29 heavy (non-hydrogen) atoms. The minimum atomic E-state index is -1.84. The van der Waals surface area contributed by atoms with E-state index in [0.29, 0.717) is 6.54 Å². The van der Waals surface area contributed by atoms with Crippen LogP contribution in [-0.4, -0.2) is 36.6 Å². The molecule has 0 saturated heterocycles. The third kappa shape index (κ3) is 5.25. The average molecular weight is 426 g/mol. The molecule has 0 bridgehead atoms. The van der Waals surface area contributed by atoms with Crippen LogP contribution in [0.25, 0.3) is 0 Å². The molecule has 3 rings (SSSR count). The lowest BCUT2D eigenvalue weighted by Gasteiger charge is -2.28. The highest BCUT2D eigenvalue weighted by Gasteiger charge is 2.44. The van der Waals surface area contributed by atoms with Crippen LogP contribution in [0.3, 0.4) is 0 Å². The van der Waals surface area contributed by atoms with Crippen LogP contribution < -0.4 is 21.2 Å². The van der Waals surface area contributed by atoms with E-state index >= 15 is 0 Å². The summed E-state index contributed by atoms with van der Waals surface area (Å²) in [5.74, 6) is -0.0739. The van der Waals surface area contributed by atoms with Crippen LogP contribution >= 0.6 is 19.0 Å². The highest BCUT2D eigenvalue weighted by Crippen LogP contribution is 2.55. The van der Waals surface area contributed by atoms with Gasteiger partial charge in [-0.25, -0.2) is 4.42 Å². The Hall–Kier alpha value is -2.19. The SMILES string of the molecule is CNC(=O)CN(Cl)CCC[P+](c1ccccc1)(c1ccccc1)c1ccccc1. The van der Waals surface area contributed by atoms with E-state index in [4.69, 9.17) is 11.8 Å². The summed E-state index contributed by atoms with van der Waals surface area (Å²) in [5.41, 5.74) is 0. The number of nitrogens with zero attached hydrogens (tertiary/aromatic N) is 1. The Morgan fingerprint density at radius 1 is 0.828 bits per heavy atom. The van der Waals surface area contributed by atoms with Crippen LogP contribution in [0.2, 0.25) is 0 Å². The lowest BCUT2D eigenvalue weighted by Crippen LogP contribution is -2.35. The van der Waals surface area contributed by atoms with Crippen molar-refractivity contribution < 1.29 is 4.79 Å². The molecule has 0 spiro atoms. The Balaban J connectivity index is 1.98. The first-order valence-corrected chi connectivity index (χ1v) is 12.1. The topological polar surface area (TPSA) is 32.3 Å². The van der Waals surface area contributed by atoms with Crippen LogP contribution in [0.1, 0.15) is 6.42 Å². The third-order valence-corrected chi connectivity index (χ3v) is 9.89. The van der Waals surface area contributed by atoms with Crippen molar-refractivity contribution in [1.82, 2.24) is 9.74 Å². The fourth-order valence-corrected chi connectivity index (χ4v) is 8.23. The third-order valence-electron chi connectivity index (χ3n) is 5.08. The molecule has 0 saturated carbocycles. The Labute approximate surface area is 179 Å². The van der Waals surface area contributed by atoms with Gasteiger partial charge in [0.05, 0.1) is 12.7 Å². The zero-order chi connectivity index (χ0) is 20.5. The molecule has 5 heteroatoms. The Morgan fingerprint density at radius 2 is 1.24 bits per heavy atom. The van der Waals surface area contributed by atoms with Crippen LogP contribution in [0.15, 0.2) is 91.0 Å². The first kappa shape index (κ1) is 21.5. The number of carbonyl (C=O) groups excluding carboxylic acids is 1. The van der Waals surface area contributed by atoms with Gasteiger partial charge in [-0.3, -0.25) is 4.79 Å².